The molecule has 3 aromatic rings. The summed E-state index contributed by atoms with van der Waals surface area (Å²) in [6.07, 6.45) is 0. The molecule has 26 heavy (non-hydrogen) atoms. The van der Waals surface area contributed by atoms with Crippen LogP contribution < -0.4 is 0 Å². The topological polar surface area (TPSA) is 0 Å². The van der Waals surface area contributed by atoms with Crippen LogP contribution in [0.15, 0.2) is 72.8 Å². The molecule has 0 N–H and O–H groups in total. The van der Waals surface area contributed by atoms with Crippen molar-refractivity contribution in [1.82, 2.24) is 0 Å². The Morgan fingerprint density at radius 1 is 0.308 bits per heavy atom. The Bertz CT molecular complexity index is 622. The fourth-order valence-electron chi connectivity index (χ4n) is 2.35. The average molecular weight is 349 g/mol. The van der Waals surface area contributed by atoms with Crippen molar-refractivity contribution in [2.75, 3.05) is 0 Å². The summed E-state index contributed by atoms with van der Waals surface area (Å²) in [6, 6.07) is 26.1. The van der Waals surface area contributed by atoms with Crippen molar-refractivity contribution in [3.05, 3.63) is 83.9 Å². The van der Waals surface area contributed by atoms with E-state index in [0.29, 0.717) is 0 Å². The lowest BCUT2D eigenvalue weighted by atomic mass is 9.99. The molecule has 0 nitrogen and oxygen atoms in total. The van der Waals surface area contributed by atoms with Gasteiger partial charge in [-0.2, -0.15) is 0 Å². The van der Waals surface area contributed by atoms with Gasteiger partial charge in [0.2, 0.25) is 0 Å². The molecule has 0 bridgehead atoms. The molecule has 0 unspecified atom stereocenters. The highest BCUT2D eigenvalue weighted by Crippen LogP contribution is 2.25. The predicted molar refractivity (Wildman–Crippen MR) is 121 cm³/mol. The van der Waals surface area contributed by atoms with E-state index >= 15 is 0 Å². The quantitative estimate of drug-likeness (QED) is 0.434. The van der Waals surface area contributed by atoms with Crippen molar-refractivity contribution in [3.63, 3.8) is 0 Å². The number of hydrogen-bond acceptors (Lipinski definition) is 0. The van der Waals surface area contributed by atoms with Gasteiger partial charge >= 0.3 is 0 Å². The molecule has 0 heterocycles. The second-order valence-electron chi connectivity index (χ2n) is 5.31. The number of aryl methyl sites for hydroxylation is 2. The maximum absolute atomic E-state index is 2.19. The molecule has 0 aromatic heterocycles. The molecular formula is C26H36. The van der Waals surface area contributed by atoms with Crippen molar-refractivity contribution < 1.29 is 0 Å². The van der Waals surface area contributed by atoms with Crippen LogP contribution in [-0.4, -0.2) is 0 Å². The molecule has 0 aliphatic heterocycles. The van der Waals surface area contributed by atoms with E-state index < -0.39 is 0 Å². The van der Waals surface area contributed by atoms with E-state index in [0.717, 1.165) is 0 Å². The normalized spacial score (nSPS) is 8.77. The largest absolute Gasteiger partial charge is 0.0683 e. The molecule has 0 atom stereocenters. The standard InChI is InChI=1S/C20H18.3C2H6/c1-15-3-7-17(8-4-15)19-11-13-20(14-12-19)18-9-5-16(2)6-10-18;3*1-2/h3-14H,1-2H3;3*1-2H3. The summed E-state index contributed by atoms with van der Waals surface area (Å²) >= 11 is 0. The molecule has 0 heteroatoms. The highest BCUT2D eigenvalue weighted by molar-refractivity contribution is 5.70. The van der Waals surface area contributed by atoms with Gasteiger partial charge in [0.05, 0.1) is 0 Å². The Hall–Kier alpha value is -2.34. The van der Waals surface area contributed by atoms with E-state index in [1.54, 1.807) is 0 Å². The highest BCUT2D eigenvalue weighted by atomic mass is 14.0. The SMILES string of the molecule is CC.CC.CC.Cc1ccc(-c2ccc(-c3ccc(C)cc3)cc2)cc1. The third-order valence-electron chi connectivity index (χ3n) is 3.65. The van der Waals surface area contributed by atoms with Gasteiger partial charge in [-0.1, -0.05) is 125 Å². The lowest BCUT2D eigenvalue weighted by molar-refractivity contribution is 1.46. The maximum atomic E-state index is 2.19. The zero-order valence-corrected chi connectivity index (χ0v) is 17.9. The van der Waals surface area contributed by atoms with Crippen molar-refractivity contribution in [2.45, 2.75) is 55.4 Å². The first-order valence-electron chi connectivity index (χ1n) is 9.96. The zero-order chi connectivity index (χ0) is 19.9. The van der Waals surface area contributed by atoms with E-state index in [9.17, 15) is 0 Å². The van der Waals surface area contributed by atoms with Crippen LogP contribution in [0.3, 0.4) is 0 Å². The van der Waals surface area contributed by atoms with Crippen LogP contribution in [-0.2, 0) is 0 Å². The Morgan fingerprint density at radius 3 is 0.654 bits per heavy atom. The smallest absolute Gasteiger partial charge is 0.0184 e. The molecule has 0 radical (unpaired) electrons. The summed E-state index contributed by atoms with van der Waals surface area (Å²) in [5, 5.41) is 0. The minimum Gasteiger partial charge on any atom is -0.0683 e. The minimum atomic E-state index is 1.26. The molecule has 0 amide bonds. The molecule has 0 fully saturated rings. The molecule has 140 valence electrons. The highest BCUT2D eigenvalue weighted by Gasteiger charge is 2.00. The lowest BCUT2D eigenvalue weighted by Gasteiger charge is -2.06. The first-order chi connectivity index (χ1) is 12.7. The molecule has 3 aromatic carbocycles. The second-order valence-corrected chi connectivity index (χ2v) is 5.31. The van der Waals surface area contributed by atoms with Gasteiger partial charge in [-0.3, -0.25) is 0 Å². The molecular weight excluding hydrogens is 312 g/mol. The van der Waals surface area contributed by atoms with E-state index in [1.807, 2.05) is 41.5 Å². The van der Waals surface area contributed by atoms with Gasteiger partial charge in [0, 0.05) is 0 Å². The lowest BCUT2D eigenvalue weighted by Crippen LogP contribution is -1.81. The van der Waals surface area contributed by atoms with Crippen molar-refractivity contribution in [1.29, 1.82) is 0 Å². The Kier molecular flexibility index (Phi) is 12.6. The van der Waals surface area contributed by atoms with Crippen LogP contribution in [0.4, 0.5) is 0 Å². The second kappa shape index (κ2) is 13.9. The van der Waals surface area contributed by atoms with Gasteiger partial charge in [0.15, 0.2) is 0 Å². The van der Waals surface area contributed by atoms with Crippen LogP contribution in [0.5, 0.6) is 0 Å². The van der Waals surface area contributed by atoms with Crippen molar-refractivity contribution >= 4 is 0 Å². The summed E-state index contributed by atoms with van der Waals surface area (Å²) in [7, 11) is 0. The third kappa shape index (κ3) is 7.27. The third-order valence-corrected chi connectivity index (χ3v) is 3.65. The van der Waals surface area contributed by atoms with E-state index in [4.69, 9.17) is 0 Å². The molecule has 0 spiro atoms. The Labute approximate surface area is 161 Å². The minimum absolute atomic E-state index is 1.26. The van der Waals surface area contributed by atoms with Crippen LogP contribution in [0.2, 0.25) is 0 Å². The van der Waals surface area contributed by atoms with Gasteiger partial charge in [-0.25, -0.2) is 0 Å². The molecule has 0 saturated carbocycles. The summed E-state index contributed by atoms with van der Waals surface area (Å²) < 4.78 is 0. The van der Waals surface area contributed by atoms with E-state index in [1.165, 1.54) is 33.4 Å². The van der Waals surface area contributed by atoms with Crippen LogP contribution in [0, 0.1) is 13.8 Å². The monoisotopic (exact) mass is 348 g/mol. The van der Waals surface area contributed by atoms with Crippen LogP contribution in [0.25, 0.3) is 22.3 Å². The van der Waals surface area contributed by atoms with Gasteiger partial charge in [0.25, 0.3) is 0 Å². The van der Waals surface area contributed by atoms with E-state index in [-0.39, 0.29) is 0 Å². The zero-order valence-electron chi connectivity index (χ0n) is 17.9. The van der Waals surface area contributed by atoms with E-state index in [2.05, 4.69) is 86.6 Å². The summed E-state index contributed by atoms with van der Waals surface area (Å²) in [4.78, 5) is 0. The summed E-state index contributed by atoms with van der Waals surface area (Å²) in [5.74, 6) is 0. The molecule has 0 aliphatic rings. The number of benzene rings is 3. The van der Waals surface area contributed by atoms with Gasteiger partial charge in [-0.15, -0.1) is 0 Å². The Morgan fingerprint density at radius 2 is 0.462 bits per heavy atom. The molecule has 0 aliphatic carbocycles. The van der Waals surface area contributed by atoms with Gasteiger partial charge in [0.1, 0.15) is 0 Å². The first-order valence-corrected chi connectivity index (χ1v) is 9.96. The number of rotatable bonds is 2. The average Bonchev–Trinajstić information content (AvgIpc) is 2.74. The van der Waals surface area contributed by atoms with Crippen LogP contribution >= 0.6 is 0 Å². The number of hydrogen-bond donors (Lipinski definition) is 0. The predicted octanol–water partition coefficient (Wildman–Crippen LogP) is 8.72. The molecule has 0 saturated heterocycles. The van der Waals surface area contributed by atoms with Gasteiger partial charge in [-0.05, 0) is 36.1 Å². The fraction of sp³-hybridized carbons (Fsp3) is 0.308. The fourth-order valence-corrected chi connectivity index (χ4v) is 2.35. The van der Waals surface area contributed by atoms with Gasteiger partial charge < -0.3 is 0 Å². The summed E-state index contributed by atoms with van der Waals surface area (Å²) in [6.45, 7) is 16.2. The Balaban J connectivity index is 0.000000948. The van der Waals surface area contributed by atoms with Crippen LogP contribution in [0.1, 0.15) is 52.7 Å². The summed E-state index contributed by atoms with van der Waals surface area (Å²) in [5.41, 5.74) is 7.66. The maximum Gasteiger partial charge on any atom is -0.0184 e. The van der Waals surface area contributed by atoms with Crippen molar-refractivity contribution in [2.24, 2.45) is 0 Å². The first kappa shape index (κ1) is 23.7. The van der Waals surface area contributed by atoms with Crippen molar-refractivity contribution in [3.8, 4) is 22.3 Å². The molecule has 3 rings (SSSR count).